The highest BCUT2D eigenvalue weighted by Crippen LogP contribution is 2.38. The normalized spacial score (nSPS) is 20.4. The third kappa shape index (κ3) is 4.15. The van der Waals surface area contributed by atoms with Crippen molar-refractivity contribution in [3.8, 4) is 22.9 Å². The van der Waals surface area contributed by atoms with Crippen molar-refractivity contribution in [3.05, 3.63) is 18.2 Å². The zero-order chi connectivity index (χ0) is 19.3. The minimum absolute atomic E-state index is 0.339. The molecule has 1 saturated heterocycles. The second kappa shape index (κ2) is 9.18. The number of ether oxygens (including phenoxy) is 3. The molecule has 2 aromatic rings. The van der Waals surface area contributed by atoms with E-state index in [2.05, 4.69) is 14.8 Å². The maximum atomic E-state index is 5.80. The van der Waals surface area contributed by atoms with E-state index in [1.54, 1.807) is 26.0 Å². The zero-order valence-corrected chi connectivity index (χ0v) is 17.5. The molecule has 0 amide bonds. The van der Waals surface area contributed by atoms with Gasteiger partial charge in [-0.15, -0.1) is 10.2 Å². The summed E-state index contributed by atoms with van der Waals surface area (Å²) in [7, 11) is 3.32. The van der Waals surface area contributed by atoms with E-state index >= 15 is 0 Å². The highest BCUT2D eigenvalue weighted by atomic mass is 32.2. The predicted octanol–water partition coefficient (Wildman–Crippen LogP) is 4.74. The first-order valence-electron chi connectivity index (χ1n) is 10.2. The lowest BCUT2D eigenvalue weighted by molar-refractivity contribution is 0.129. The van der Waals surface area contributed by atoms with Crippen molar-refractivity contribution in [2.24, 2.45) is 0 Å². The summed E-state index contributed by atoms with van der Waals surface area (Å²) in [5.74, 6) is 3.30. The van der Waals surface area contributed by atoms with Crippen LogP contribution in [-0.4, -0.2) is 47.4 Å². The van der Waals surface area contributed by atoms with Crippen molar-refractivity contribution >= 4 is 11.8 Å². The molecule has 1 atom stereocenters. The average molecular weight is 404 g/mol. The van der Waals surface area contributed by atoms with Gasteiger partial charge < -0.3 is 14.2 Å². The zero-order valence-electron chi connectivity index (χ0n) is 16.7. The highest BCUT2D eigenvalue weighted by Gasteiger charge is 2.25. The Morgan fingerprint density at radius 2 is 1.86 bits per heavy atom. The monoisotopic (exact) mass is 403 g/mol. The van der Waals surface area contributed by atoms with E-state index in [-0.39, 0.29) is 0 Å². The number of hydrogen-bond donors (Lipinski definition) is 0. The molecule has 0 radical (unpaired) electrons. The van der Waals surface area contributed by atoms with Crippen molar-refractivity contribution in [1.29, 1.82) is 0 Å². The Kier molecular flexibility index (Phi) is 6.42. The van der Waals surface area contributed by atoms with E-state index < -0.39 is 0 Å². The summed E-state index contributed by atoms with van der Waals surface area (Å²) < 4.78 is 19.0. The van der Waals surface area contributed by atoms with Gasteiger partial charge in [-0.2, -0.15) is 0 Å². The fraction of sp³-hybridized carbons (Fsp3) is 0.619. The van der Waals surface area contributed by atoms with Gasteiger partial charge in [0.25, 0.3) is 0 Å². The highest BCUT2D eigenvalue weighted by molar-refractivity contribution is 7.99. The van der Waals surface area contributed by atoms with Gasteiger partial charge in [-0.3, -0.25) is 4.57 Å². The molecule has 6 nitrogen and oxygen atoms in total. The molecule has 4 rings (SSSR count). The summed E-state index contributed by atoms with van der Waals surface area (Å²) in [6.07, 6.45) is 8.88. The van der Waals surface area contributed by atoms with Gasteiger partial charge in [0.15, 0.2) is 22.5 Å². The molecule has 0 bridgehead atoms. The molecule has 7 heteroatoms. The number of rotatable bonds is 7. The molecule has 1 aromatic carbocycles. The molecule has 2 fully saturated rings. The summed E-state index contributed by atoms with van der Waals surface area (Å²) in [4.78, 5) is 0. The molecule has 1 aliphatic heterocycles. The van der Waals surface area contributed by atoms with Crippen molar-refractivity contribution in [2.45, 2.75) is 62.2 Å². The van der Waals surface area contributed by atoms with Gasteiger partial charge in [0, 0.05) is 24.0 Å². The van der Waals surface area contributed by atoms with Crippen LogP contribution in [0.25, 0.3) is 11.4 Å². The molecular weight excluding hydrogens is 374 g/mol. The van der Waals surface area contributed by atoms with E-state index in [9.17, 15) is 0 Å². The Hall–Kier alpha value is -1.73. The Balaban J connectivity index is 1.65. The van der Waals surface area contributed by atoms with Crippen LogP contribution in [0.3, 0.4) is 0 Å². The second-order valence-electron chi connectivity index (χ2n) is 7.48. The van der Waals surface area contributed by atoms with Gasteiger partial charge in [0.1, 0.15) is 0 Å². The molecule has 1 saturated carbocycles. The summed E-state index contributed by atoms with van der Waals surface area (Å²) >= 11 is 1.78. The van der Waals surface area contributed by atoms with Crippen molar-refractivity contribution < 1.29 is 14.2 Å². The Labute approximate surface area is 171 Å². The van der Waals surface area contributed by atoms with Crippen LogP contribution in [-0.2, 0) is 4.74 Å². The second-order valence-corrected chi connectivity index (χ2v) is 8.47. The predicted molar refractivity (Wildman–Crippen MR) is 110 cm³/mol. The van der Waals surface area contributed by atoms with Crippen molar-refractivity contribution in [3.63, 3.8) is 0 Å². The maximum absolute atomic E-state index is 5.80. The van der Waals surface area contributed by atoms with Crippen LogP contribution < -0.4 is 9.47 Å². The van der Waals surface area contributed by atoms with Gasteiger partial charge in [0.05, 0.1) is 20.3 Å². The summed E-state index contributed by atoms with van der Waals surface area (Å²) in [6.45, 7) is 0.886. The molecule has 2 heterocycles. The van der Waals surface area contributed by atoms with E-state index in [0.29, 0.717) is 17.9 Å². The van der Waals surface area contributed by atoms with Gasteiger partial charge >= 0.3 is 0 Å². The Bertz CT molecular complexity index is 783. The average Bonchev–Trinajstić information content (AvgIpc) is 3.42. The summed E-state index contributed by atoms with van der Waals surface area (Å²) in [6, 6.07) is 6.43. The summed E-state index contributed by atoms with van der Waals surface area (Å²) in [5, 5.41) is 10.2. The smallest absolute Gasteiger partial charge is 0.191 e. The lowest BCUT2D eigenvalue weighted by atomic mass is 9.95. The fourth-order valence-corrected chi connectivity index (χ4v) is 5.23. The van der Waals surface area contributed by atoms with E-state index in [1.165, 1.54) is 32.1 Å². The largest absolute Gasteiger partial charge is 0.493 e. The first kappa shape index (κ1) is 19.6. The maximum Gasteiger partial charge on any atom is 0.191 e. The number of benzene rings is 1. The van der Waals surface area contributed by atoms with E-state index in [4.69, 9.17) is 14.2 Å². The van der Waals surface area contributed by atoms with Crippen LogP contribution in [0.1, 0.15) is 51.0 Å². The molecule has 152 valence electrons. The standard InChI is InChI=1S/C21H29N3O3S/c1-25-18-11-10-15(13-19(18)26-2)20-22-23-21(28-14-17-9-6-12-27-17)24(20)16-7-4-3-5-8-16/h10-11,13,16-17H,3-9,12,14H2,1-2H3/t17-/m0/s1. The molecular formula is C21H29N3O3S. The molecule has 0 spiro atoms. The SMILES string of the molecule is COc1ccc(-c2nnc(SC[C@@H]3CCCO3)n2C2CCCCC2)cc1OC. The minimum atomic E-state index is 0.339. The van der Waals surface area contributed by atoms with E-state index in [0.717, 1.165) is 47.5 Å². The van der Waals surface area contributed by atoms with Crippen molar-refractivity contribution in [1.82, 2.24) is 14.8 Å². The number of hydrogen-bond acceptors (Lipinski definition) is 6. The molecule has 2 aliphatic rings. The third-order valence-electron chi connectivity index (χ3n) is 5.67. The summed E-state index contributed by atoms with van der Waals surface area (Å²) in [5.41, 5.74) is 1.01. The van der Waals surface area contributed by atoms with Crippen LogP contribution in [0, 0.1) is 0 Å². The first-order valence-corrected chi connectivity index (χ1v) is 11.2. The molecule has 28 heavy (non-hydrogen) atoms. The Morgan fingerprint density at radius 1 is 1.04 bits per heavy atom. The number of aromatic nitrogens is 3. The number of methoxy groups -OCH3 is 2. The topological polar surface area (TPSA) is 58.4 Å². The first-order chi connectivity index (χ1) is 13.8. The molecule has 0 unspecified atom stereocenters. The molecule has 1 aromatic heterocycles. The lowest BCUT2D eigenvalue weighted by Crippen LogP contribution is -2.16. The quantitative estimate of drug-likeness (QED) is 0.623. The van der Waals surface area contributed by atoms with Crippen LogP contribution in [0.2, 0.25) is 0 Å². The van der Waals surface area contributed by atoms with Crippen LogP contribution in [0.4, 0.5) is 0 Å². The lowest BCUT2D eigenvalue weighted by Gasteiger charge is -2.26. The number of nitrogens with zero attached hydrogens (tertiary/aromatic N) is 3. The third-order valence-corrected chi connectivity index (χ3v) is 6.74. The van der Waals surface area contributed by atoms with Gasteiger partial charge in [-0.05, 0) is 43.9 Å². The van der Waals surface area contributed by atoms with Crippen LogP contribution in [0.15, 0.2) is 23.4 Å². The van der Waals surface area contributed by atoms with Gasteiger partial charge in [-0.1, -0.05) is 31.0 Å². The van der Waals surface area contributed by atoms with Gasteiger partial charge in [-0.25, -0.2) is 0 Å². The van der Waals surface area contributed by atoms with Crippen molar-refractivity contribution in [2.75, 3.05) is 26.6 Å². The molecule has 0 N–H and O–H groups in total. The van der Waals surface area contributed by atoms with Crippen LogP contribution in [0.5, 0.6) is 11.5 Å². The van der Waals surface area contributed by atoms with Gasteiger partial charge in [0.2, 0.25) is 0 Å². The minimum Gasteiger partial charge on any atom is -0.493 e. The van der Waals surface area contributed by atoms with Crippen LogP contribution >= 0.6 is 11.8 Å². The fourth-order valence-electron chi connectivity index (χ4n) is 4.16. The number of thioether (sulfide) groups is 1. The van der Waals surface area contributed by atoms with E-state index in [1.807, 2.05) is 18.2 Å². The molecule has 1 aliphatic carbocycles. The Morgan fingerprint density at radius 3 is 2.57 bits per heavy atom.